The lowest BCUT2D eigenvalue weighted by Crippen LogP contribution is -2.48. The van der Waals surface area contributed by atoms with Crippen LogP contribution in [0.5, 0.6) is 5.75 Å². The number of carbonyl (C=O) groups is 3. The molecular weight excluding hydrogens is 384 g/mol. The number of imide groups is 1. The van der Waals surface area contributed by atoms with E-state index in [4.69, 9.17) is 0 Å². The van der Waals surface area contributed by atoms with E-state index in [0.717, 1.165) is 11.3 Å². The lowest BCUT2D eigenvalue weighted by atomic mass is 9.91. The third kappa shape index (κ3) is 4.33. The number of nitrogens with zero attached hydrogens (tertiary/aromatic N) is 2. The zero-order valence-corrected chi connectivity index (χ0v) is 16.7. The molecule has 1 aromatic carbocycles. The number of urea groups is 1. The van der Waals surface area contributed by atoms with Gasteiger partial charge in [-0.15, -0.1) is 0 Å². The molecule has 3 atom stereocenters. The smallest absolute Gasteiger partial charge is 0.387 e. The molecule has 2 saturated heterocycles. The molecule has 0 spiro atoms. The summed E-state index contributed by atoms with van der Waals surface area (Å²) in [6.45, 7) is 3.60. The summed E-state index contributed by atoms with van der Waals surface area (Å²) >= 11 is 0. The molecule has 2 aliphatic heterocycles. The molecule has 1 aromatic rings. The molecule has 0 radical (unpaired) electrons. The molecule has 4 amide bonds. The predicted molar refractivity (Wildman–Crippen MR) is 100 cm³/mol. The highest BCUT2D eigenvalue weighted by atomic mass is 19.3. The molecule has 0 aliphatic carbocycles. The highest BCUT2D eigenvalue weighted by Crippen LogP contribution is 2.30. The Balaban J connectivity index is 1.72. The van der Waals surface area contributed by atoms with E-state index in [-0.39, 0.29) is 18.2 Å². The summed E-state index contributed by atoms with van der Waals surface area (Å²) in [4.78, 5) is 40.7. The molecule has 1 N–H and O–H groups in total. The van der Waals surface area contributed by atoms with Crippen molar-refractivity contribution < 1.29 is 27.9 Å². The average Bonchev–Trinajstić information content (AvgIpc) is 2.85. The number of halogens is 2. The van der Waals surface area contributed by atoms with Gasteiger partial charge in [0.25, 0.3) is 5.91 Å². The van der Waals surface area contributed by atoms with Crippen LogP contribution in [0.3, 0.4) is 0 Å². The number of hydrogen-bond donors (Lipinski definition) is 1. The molecule has 29 heavy (non-hydrogen) atoms. The zero-order chi connectivity index (χ0) is 21.3. The van der Waals surface area contributed by atoms with Gasteiger partial charge in [0.1, 0.15) is 17.8 Å². The van der Waals surface area contributed by atoms with E-state index in [0.29, 0.717) is 30.5 Å². The molecular formula is C20H25F2N3O4. The van der Waals surface area contributed by atoms with E-state index < -0.39 is 24.1 Å². The summed E-state index contributed by atoms with van der Waals surface area (Å²) in [6.07, 6.45) is 1.04. The minimum Gasteiger partial charge on any atom is -0.435 e. The Morgan fingerprint density at radius 1 is 1.21 bits per heavy atom. The van der Waals surface area contributed by atoms with Crippen molar-refractivity contribution in [3.8, 4) is 5.75 Å². The molecule has 7 nitrogen and oxygen atoms in total. The van der Waals surface area contributed by atoms with Crippen molar-refractivity contribution in [3.05, 3.63) is 29.8 Å². The summed E-state index contributed by atoms with van der Waals surface area (Å²) in [7, 11) is 0. The number of likely N-dealkylation sites (tertiary alicyclic amines) is 1. The highest BCUT2D eigenvalue weighted by Gasteiger charge is 2.49. The normalized spacial score (nSPS) is 27.4. The van der Waals surface area contributed by atoms with Crippen molar-refractivity contribution in [2.45, 2.75) is 39.3 Å². The second-order valence-corrected chi connectivity index (χ2v) is 8.09. The second-order valence-electron chi connectivity index (χ2n) is 8.09. The number of ether oxygens (including phenoxy) is 1. The Bertz CT molecular complexity index is 791. The van der Waals surface area contributed by atoms with Crippen LogP contribution >= 0.6 is 0 Å². The van der Waals surface area contributed by atoms with Crippen LogP contribution in [0.15, 0.2) is 24.3 Å². The standard InChI is InChI=1S/C20H25F2N3O4/c1-12-8-13(2)10-24(9-12)16(26)11-25-17(27)20(3,23-19(25)28)14-4-6-15(7-5-14)29-18(21)22/h4-7,12-13,18H,8-11H2,1-3H3,(H,23,28)/t12-,13-,20+/m0/s1. The predicted octanol–water partition coefficient (Wildman–Crippen LogP) is 2.56. The Hall–Kier alpha value is -2.71. The van der Waals surface area contributed by atoms with Gasteiger partial charge < -0.3 is 15.0 Å². The van der Waals surface area contributed by atoms with Crippen molar-refractivity contribution in [2.75, 3.05) is 19.6 Å². The molecule has 2 aliphatic rings. The van der Waals surface area contributed by atoms with Crippen LogP contribution in [0.4, 0.5) is 13.6 Å². The second kappa shape index (κ2) is 7.96. The molecule has 2 fully saturated rings. The van der Waals surface area contributed by atoms with E-state index in [1.165, 1.54) is 31.2 Å². The first-order valence-corrected chi connectivity index (χ1v) is 9.57. The van der Waals surface area contributed by atoms with Crippen molar-refractivity contribution in [1.82, 2.24) is 15.1 Å². The Labute approximate surface area is 168 Å². The van der Waals surface area contributed by atoms with Gasteiger partial charge in [-0.05, 0) is 42.9 Å². The third-order valence-corrected chi connectivity index (χ3v) is 5.45. The summed E-state index contributed by atoms with van der Waals surface area (Å²) < 4.78 is 28.9. The molecule has 2 heterocycles. The fraction of sp³-hybridized carbons (Fsp3) is 0.550. The molecule has 0 saturated carbocycles. The maximum Gasteiger partial charge on any atom is 0.387 e. The van der Waals surface area contributed by atoms with Crippen molar-refractivity contribution in [1.29, 1.82) is 0 Å². The monoisotopic (exact) mass is 409 g/mol. The topological polar surface area (TPSA) is 79.0 Å². The molecule has 3 rings (SSSR count). The Morgan fingerprint density at radius 2 is 1.79 bits per heavy atom. The van der Waals surface area contributed by atoms with Crippen LogP contribution in [0.1, 0.15) is 32.8 Å². The van der Waals surface area contributed by atoms with Gasteiger partial charge in [-0.1, -0.05) is 26.0 Å². The first-order chi connectivity index (χ1) is 13.6. The number of rotatable bonds is 5. The summed E-state index contributed by atoms with van der Waals surface area (Å²) in [5.74, 6) is -0.145. The van der Waals surface area contributed by atoms with Gasteiger partial charge in [0.05, 0.1) is 0 Å². The van der Waals surface area contributed by atoms with Gasteiger partial charge >= 0.3 is 12.6 Å². The van der Waals surface area contributed by atoms with Crippen LogP contribution in [-0.2, 0) is 15.1 Å². The van der Waals surface area contributed by atoms with Crippen molar-refractivity contribution >= 4 is 17.8 Å². The average molecular weight is 409 g/mol. The first-order valence-electron chi connectivity index (χ1n) is 9.57. The van der Waals surface area contributed by atoms with Crippen LogP contribution in [0.2, 0.25) is 0 Å². The van der Waals surface area contributed by atoms with Crippen LogP contribution in [-0.4, -0.2) is 53.9 Å². The minimum atomic E-state index is -2.95. The lowest BCUT2D eigenvalue weighted by molar-refractivity contribution is -0.140. The number of carbonyl (C=O) groups excluding carboxylic acids is 3. The van der Waals surface area contributed by atoms with Gasteiger partial charge in [-0.3, -0.25) is 14.5 Å². The van der Waals surface area contributed by atoms with Crippen LogP contribution in [0.25, 0.3) is 0 Å². The molecule has 9 heteroatoms. The van der Waals surface area contributed by atoms with Gasteiger partial charge in [0, 0.05) is 13.1 Å². The Morgan fingerprint density at radius 3 is 2.34 bits per heavy atom. The van der Waals surface area contributed by atoms with Crippen molar-refractivity contribution in [3.63, 3.8) is 0 Å². The van der Waals surface area contributed by atoms with E-state index in [1.807, 2.05) is 0 Å². The number of hydrogen-bond acceptors (Lipinski definition) is 4. The number of alkyl halides is 2. The van der Waals surface area contributed by atoms with Gasteiger partial charge in [-0.25, -0.2) is 4.79 Å². The van der Waals surface area contributed by atoms with Crippen LogP contribution < -0.4 is 10.1 Å². The van der Waals surface area contributed by atoms with Gasteiger partial charge in [0.15, 0.2) is 0 Å². The molecule has 0 aromatic heterocycles. The molecule has 158 valence electrons. The zero-order valence-electron chi connectivity index (χ0n) is 16.7. The van der Waals surface area contributed by atoms with Gasteiger partial charge in [-0.2, -0.15) is 8.78 Å². The highest BCUT2D eigenvalue weighted by molar-refractivity contribution is 6.09. The van der Waals surface area contributed by atoms with Crippen LogP contribution in [0, 0.1) is 11.8 Å². The summed E-state index contributed by atoms with van der Waals surface area (Å²) in [5.41, 5.74) is -0.976. The largest absolute Gasteiger partial charge is 0.435 e. The molecule has 0 bridgehead atoms. The maximum atomic E-state index is 13.0. The summed E-state index contributed by atoms with van der Waals surface area (Å²) in [5, 5.41) is 2.61. The SMILES string of the molecule is C[C@H]1C[C@H](C)CN(C(=O)CN2C(=O)N[C@](C)(c3ccc(OC(F)F)cc3)C2=O)C1. The van der Waals surface area contributed by atoms with E-state index in [1.54, 1.807) is 4.90 Å². The Kier molecular flexibility index (Phi) is 5.77. The quantitative estimate of drug-likeness (QED) is 0.758. The van der Waals surface area contributed by atoms with E-state index in [9.17, 15) is 23.2 Å². The lowest BCUT2D eigenvalue weighted by Gasteiger charge is -2.35. The fourth-order valence-corrected chi connectivity index (χ4v) is 4.11. The molecule has 0 unspecified atom stereocenters. The summed E-state index contributed by atoms with van der Waals surface area (Å²) in [6, 6.07) is 4.83. The fourth-order valence-electron chi connectivity index (χ4n) is 4.11. The number of nitrogens with one attached hydrogen (secondary N) is 1. The van der Waals surface area contributed by atoms with E-state index in [2.05, 4.69) is 23.9 Å². The minimum absolute atomic E-state index is 0.0514. The van der Waals surface area contributed by atoms with E-state index >= 15 is 0 Å². The number of amides is 4. The first kappa shape index (κ1) is 21.0. The van der Waals surface area contributed by atoms with Crippen molar-refractivity contribution in [2.24, 2.45) is 11.8 Å². The number of piperidine rings is 1. The van der Waals surface area contributed by atoms with Gasteiger partial charge in [0.2, 0.25) is 5.91 Å². The number of benzene rings is 1. The maximum absolute atomic E-state index is 13.0. The third-order valence-electron chi connectivity index (χ3n) is 5.45.